The Bertz CT molecular complexity index is 540. The molecule has 0 aliphatic carbocycles. The van der Waals surface area contributed by atoms with E-state index in [0.29, 0.717) is 18.2 Å². The van der Waals surface area contributed by atoms with E-state index in [1.807, 2.05) is 6.92 Å². The number of aromatic amines is 1. The number of hydrogen-bond acceptors (Lipinski definition) is 6. The molecule has 19 heavy (non-hydrogen) atoms. The Morgan fingerprint density at radius 1 is 1.47 bits per heavy atom. The summed E-state index contributed by atoms with van der Waals surface area (Å²) >= 11 is 0. The molecule has 3 N–H and O–H groups in total. The van der Waals surface area contributed by atoms with E-state index in [0.717, 1.165) is 0 Å². The molecule has 1 atom stereocenters. The van der Waals surface area contributed by atoms with E-state index in [9.17, 15) is 4.79 Å². The zero-order chi connectivity index (χ0) is 13.7. The molecule has 0 radical (unpaired) electrons. The van der Waals surface area contributed by atoms with E-state index in [2.05, 4.69) is 35.8 Å². The van der Waals surface area contributed by atoms with Gasteiger partial charge in [0.25, 0.3) is 5.91 Å². The van der Waals surface area contributed by atoms with E-state index >= 15 is 0 Å². The summed E-state index contributed by atoms with van der Waals surface area (Å²) < 4.78 is 0. The Hall–Kier alpha value is -2.51. The van der Waals surface area contributed by atoms with Gasteiger partial charge in [-0.25, -0.2) is 9.97 Å². The molecule has 0 saturated heterocycles. The van der Waals surface area contributed by atoms with Gasteiger partial charge >= 0.3 is 0 Å². The Kier molecular flexibility index (Phi) is 4.01. The van der Waals surface area contributed by atoms with Gasteiger partial charge < -0.3 is 10.6 Å². The largest absolute Gasteiger partial charge is 0.369 e. The molecule has 0 saturated carbocycles. The molecule has 8 heteroatoms. The standard InChI is InChI=1S/C11H15N7O/c1-3-13-9-5-12-4-8(17-9)11(19)16-7(2)10-14-6-15-18-10/h4-7H,3H2,1-2H3,(H,13,17)(H,16,19)(H,14,15,18). The minimum Gasteiger partial charge on any atom is -0.369 e. The maximum Gasteiger partial charge on any atom is 0.272 e. The number of carbonyl (C=O) groups is 1. The first-order valence-corrected chi connectivity index (χ1v) is 5.92. The minimum atomic E-state index is -0.309. The highest BCUT2D eigenvalue weighted by atomic mass is 16.2. The van der Waals surface area contributed by atoms with Gasteiger partial charge in [-0.15, -0.1) is 0 Å². The van der Waals surface area contributed by atoms with Crippen LogP contribution in [0.2, 0.25) is 0 Å². The molecule has 2 aromatic heterocycles. The number of nitrogens with zero attached hydrogens (tertiary/aromatic N) is 4. The highest BCUT2D eigenvalue weighted by molar-refractivity contribution is 5.92. The topological polar surface area (TPSA) is 108 Å². The van der Waals surface area contributed by atoms with Gasteiger partial charge in [0.2, 0.25) is 0 Å². The third-order valence-corrected chi connectivity index (χ3v) is 2.42. The third-order valence-electron chi connectivity index (χ3n) is 2.42. The van der Waals surface area contributed by atoms with Crippen LogP contribution in [0.3, 0.4) is 0 Å². The van der Waals surface area contributed by atoms with Crippen molar-refractivity contribution in [3.8, 4) is 0 Å². The Labute approximate surface area is 110 Å². The van der Waals surface area contributed by atoms with Crippen LogP contribution in [0.1, 0.15) is 36.2 Å². The van der Waals surface area contributed by atoms with Gasteiger partial charge in [-0.1, -0.05) is 0 Å². The lowest BCUT2D eigenvalue weighted by Gasteiger charge is -2.10. The zero-order valence-corrected chi connectivity index (χ0v) is 10.7. The summed E-state index contributed by atoms with van der Waals surface area (Å²) in [5.41, 5.74) is 0.254. The summed E-state index contributed by atoms with van der Waals surface area (Å²) in [5.74, 6) is 0.850. The number of rotatable bonds is 5. The van der Waals surface area contributed by atoms with Crippen molar-refractivity contribution >= 4 is 11.7 Å². The molecular formula is C11H15N7O. The average Bonchev–Trinajstić information content (AvgIpc) is 2.93. The molecule has 8 nitrogen and oxygen atoms in total. The molecule has 0 bridgehead atoms. The lowest BCUT2D eigenvalue weighted by atomic mass is 10.3. The number of H-pyrrole nitrogens is 1. The fourth-order valence-corrected chi connectivity index (χ4v) is 1.50. The van der Waals surface area contributed by atoms with Gasteiger partial charge in [0.1, 0.15) is 23.7 Å². The monoisotopic (exact) mass is 261 g/mol. The summed E-state index contributed by atoms with van der Waals surface area (Å²) in [7, 11) is 0. The van der Waals surface area contributed by atoms with Crippen LogP contribution in [0.5, 0.6) is 0 Å². The van der Waals surface area contributed by atoms with Crippen molar-refractivity contribution in [3.05, 3.63) is 30.2 Å². The number of aromatic nitrogens is 5. The molecular weight excluding hydrogens is 246 g/mol. The van der Waals surface area contributed by atoms with E-state index < -0.39 is 0 Å². The number of amides is 1. The van der Waals surface area contributed by atoms with Crippen LogP contribution < -0.4 is 10.6 Å². The molecule has 100 valence electrons. The Morgan fingerprint density at radius 2 is 2.32 bits per heavy atom. The van der Waals surface area contributed by atoms with Gasteiger partial charge in [-0.3, -0.25) is 14.9 Å². The van der Waals surface area contributed by atoms with Crippen molar-refractivity contribution in [2.75, 3.05) is 11.9 Å². The highest BCUT2D eigenvalue weighted by Gasteiger charge is 2.15. The van der Waals surface area contributed by atoms with Crippen molar-refractivity contribution in [2.24, 2.45) is 0 Å². The van der Waals surface area contributed by atoms with Crippen molar-refractivity contribution in [1.29, 1.82) is 0 Å². The second-order valence-electron chi connectivity index (χ2n) is 3.89. The number of nitrogens with one attached hydrogen (secondary N) is 3. The van der Waals surface area contributed by atoms with Crippen LogP contribution in [-0.2, 0) is 0 Å². The number of carbonyl (C=O) groups excluding carboxylic acids is 1. The predicted octanol–water partition coefficient (Wildman–Crippen LogP) is 0.517. The molecule has 2 heterocycles. The van der Waals surface area contributed by atoms with Crippen LogP contribution in [0.25, 0.3) is 0 Å². The smallest absolute Gasteiger partial charge is 0.272 e. The van der Waals surface area contributed by atoms with Crippen molar-refractivity contribution in [2.45, 2.75) is 19.9 Å². The average molecular weight is 261 g/mol. The molecule has 0 aromatic carbocycles. The molecule has 1 amide bonds. The van der Waals surface area contributed by atoms with Gasteiger partial charge in [0, 0.05) is 6.54 Å². The van der Waals surface area contributed by atoms with E-state index in [1.165, 1.54) is 12.5 Å². The normalized spacial score (nSPS) is 11.9. The fraction of sp³-hybridized carbons (Fsp3) is 0.364. The summed E-state index contributed by atoms with van der Waals surface area (Å²) in [6.07, 6.45) is 4.38. The number of hydrogen-bond donors (Lipinski definition) is 3. The molecule has 0 fully saturated rings. The van der Waals surface area contributed by atoms with E-state index in [4.69, 9.17) is 0 Å². The lowest BCUT2D eigenvalue weighted by molar-refractivity contribution is 0.0933. The van der Waals surface area contributed by atoms with Crippen LogP contribution in [0.15, 0.2) is 18.7 Å². The van der Waals surface area contributed by atoms with E-state index in [-0.39, 0.29) is 17.6 Å². The Morgan fingerprint density at radius 3 is 3.00 bits per heavy atom. The minimum absolute atomic E-state index is 0.254. The van der Waals surface area contributed by atoms with Gasteiger partial charge in [-0.05, 0) is 13.8 Å². The quantitative estimate of drug-likeness (QED) is 0.724. The van der Waals surface area contributed by atoms with E-state index in [1.54, 1.807) is 13.1 Å². The van der Waals surface area contributed by atoms with Crippen molar-refractivity contribution in [1.82, 2.24) is 30.5 Å². The third kappa shape index (κ3) is 3.24. The second kappa shape index (κ2) is 5.89. The summed E-state index contributed by atoms with van der Waals surface area (Å²) in [6, 6.07) is -0.278. The van der Waals surface area contributed by atoms with Gasteiger partial charge in [0.15, 0.2) is 0 Å². The first-order valence-electron chi connectivity index (χ1n) is 5.92. The second-order valence-corrected chi connectivity index (χ2v) is 3.89. The van der Waals surface area contributed by atoms with Crippen LogP contribution in [0, 0.1) is 0 Å². The number of anilines is 1. The first kappa shape index (κ1) is 12.9. The Balaban J connectivity index is 2.05. The molecule has 0 spiro atoms. The summed E-state index contributed by atoms with van der Waals surface area (Å²) in [4.78, 5) is 24.1. The maximum absolute atomic E-state index is 12.0. The molecule has 2 rings (SSSR count). The van der Waals surface area contributed by atoms with Crippen LogP contribution in [0.4, 0.5) is 5.82 Å². The molecule has 2 aromatic rings. The van der Waals surface area contributed by atoms with Crippen molar-refractivity contribution < 1.29 is 4.79 Å². The van der Waals surface area contributed by atoms with Gasteiger partial charge in [0.05, 0.1) is 18.4 Å². The predicted molar refractivity (Wildman–Crippen MR) is 68.5 cm³/mol. The van der Waals surface area contributed by atoms with Crippen LogP contribution >= 0.6 is 0 Å². The fourth-order valence-electron chi connectivity index (χ4n) is 1.50. The molecule has 0 aliphatic rings. The maximum atomic E-state index is 12.0. The first-order chi connectivity index (χ1) is 9.20. The summed E-state index contributed by atoms with van der Waals surface area (Å²) in [6.45, 7) is 4.47. The summed E-state index contributed by atoms with van der Waals surface area (Å²) in [5, 5.41) is 12.2. The molecule has 1 unspecified atom stereocenters. The SMILES string of the molecule is CCNc1cncc(C(=O)NC(C)c2ncn[nH]2)n1. The van der Waals surface area contributed by atoms with Crippen LogP contribution in [-0.4, -0.2) is 37.6 Å². The lowest BCUT2D eigenvalue weighted by Crippen LogP contribution is -2.28. The highest BCUT2D eigenvalue weighted by Crippen LogP contribution is 2.07. The molecule has 0 aliphatic heterocycles. The zero-order valence-electron chi connectivity index (χ0n) is 10.7. The van der Waals surface area contributed by atoms with Gasteiger partial charge in [-0.2, -0.15) is 5.10 Å². The van der Waals surface area contributed by atoms with Crippen molar-refractivity contribution in [3.63, 3.8) is 0 Å².